The van der Waals surface area contributed by atoms with Gasteiger partial charge in [0.25, 0.3) is 0 Å². The van der Waals surface area contributed by atoms with Gasteiger partial charge >= 0.3 is 0 Å². The Morgan fingerprint density at radius 3 is 1.81 bits per heavy atom. The first kappa shape index (κ1) is 34.0. The molecular weight excluding hydrogens is 540 g/mol. The van der Waals surface area contributed by atoms with E-state index in [1.165, 1.54) is 0 Å². The molecule has 1 aromatic rings. The standard InChI is InChI=1S/C29H46N8O5/c1-17(2)13-21-26(40)35-20(11-8-12-32-29(30)31)25(39)33-16-24(38)34-23(15-19-9-6-5-7-10-19)28(42)37-22(14-18(3)4)27(41)36-21/h5-7,9-10,17-18,20-23H,8,11-16H2,1-4H3,(H,33,39)(H,34,38)(H,35,40)(H,36,41)(H,37,42)(H4,30,31,32)/t20-,21-,22-,23-/m0/s1. The van der Waals surface area contributed by atoms with Gasteiger partial charge in [-0.1, -0.05) is 58.0 Å². The summed E-state index contributed by atoms with van der Waals surface area (Å²) in [6, 6.07) is 5.22. The van der Waals surface area contributed by atoms with Gasteiger partial charge in [-0.15, -0.1) is 0 Å². The zero-order chi connectivity index (χ0) is 31.2. The Morgan fingerprint density at radius 2 is 1.29 bits per heavy atom. The highest BCUT2D eigenvalue weighted by molar-refractivity contribution is 5.97. The molecule has 1 aromatic carbocycles. The largest absolute Gasteiger partial charge is 0.370 e. The number of nitrogens with one attached hydrogen (secondary N) is 5. The third-order valence-corrected chi connectivity index (χ3v) is 6.62. The van der Waals surface area contributed by atoms with Crippen molar-refractivity contribution >= 4 is 35.5 Å². The van der Waals surface area contributed by atoms with Crippen LogP contribution in [0.5, 0.6) is 0 Å². The van der Waals surface area contributed by atoms with Crippen molar-refractivity contribution in [1.82, 2.24) is 26.6 Å². The minimum atomic E-state index is -1.01. The normalized spacial score (nSPS) is 22.7. The van der Waals surface area contributed by atoms with Crippen molar-refractivity contribution in [3.8, 4) is 0 Å². The van der Waals surface area contributed by atoms with E-state index in [9.17, 15) is 24.0 Å². The maximum atomic E-state index is 13.5. The molecule has 5 amide bonds. The SMILES string of the molecule is CC(C)C[C@@H]1NC(=O)[C@H](Cc2ccccc2)NC(=O)CNC(=O)[C@H](CCCN=C(N)N)NC(=O)[C@H](CC(C)C)NC1=O. The van der Waals surface area contributed by atoms with E-state index in [2.05, 4.69) is 31.6 Å². The molecule has 4 atom stereocenters. The first-order chi connectivity index (χ1) is 19.8. The van der Waals surface area contributed by atoms with E-state index in [-0.39, 0.29) is 37.2 Å². The molecule has 0 spiro atoms. The number of nitrogens with zero attached hydrogens (tertiary/aromatic N) is 1. The van der Waals surface area contributed by atoms with Crippen molar-refractivity contribution in [3.05, 3.63) is 35.9 Å². The molecule has 13 heteroatoms. The second-order valence-electron chi connectivity index (χ2n) is 11.4. The van der Waals surface area contributed by atoms with Gasteiger partial charge in [-0.05, 0) is 43.1 Å². The Labute approximate surface area is 247 Å². The Balaban J connectivity index is 2.42. The molecule has 1 fully saturated rings. The molecule has 232 valence electrons. The molecule has 0 bridgehead atoms. The number of aliphatic imine (C=N–C) groups is 1. The van der Waals surface area contributed by atoms with E-state index in [4.69, 9.17) is 11.5 Å². The average molecular weight is 587 g/mol. The van der Waals surface area contributed by atoms with Crippen LogP contribution in [0.15, 0.2) is 35.3 Å². The predicted octanol–water partition coefficient (Wildman–Crippen LogP) is -0.556. The second-order valence-corrected chi connectivity index (χ2v) is 11.4. The van der Waals surface area contributed by atoms with E-state index < -0.39 is 60.2 Å². The first-order valence-corrected chi connectivity index (χ1v) is 14.4. The fourth-order valence-electron chi connectivity index (χ4n) is 4.59. The maximum absolute atomic E-state index is 13.5. The molecule has 0 aromatic heterocycles. The van der Waals surface area contributed by atoms with Crippen molar-refractivity contribution < 1.29 is 24.0 Å². The number of amides is 5. The molecule has 0 unspecified atom stereocenters. The van der Waals surface area contributed by atoms with Crippen LogP contribution in [0.1, 0.15) is 58.9 Å². The molecule has 1 saturated heterocycles. The van der Waals surface area contributed by atoms with Crippen LogP contribution in [0.4, 0.5) is 0 Å². The summed E-state index contributed by atoms with van der Waals surface area (Å²) in [6.07, 6.45) is 1.35. The zero-order valence-corrected chi connectivity index (χ0v) is 24.9. The molecule has 1 aliphatic heterocycles. The molecule has 13 nitrogen and oxygen atoms in total. The van der Waals surface area contributed by atoms with Gasteiger partial charge < -0.3 is 38.1 Å². The van der Waals surface area contributed by atoms with Crippen LogP contribution in [0.2, 0.25) is 0 Å². The predicted molar refractivity (Wildman–Crippen MR) is 160 cm³/mol. The van der Waals surface area contributed by atoms with Gasteiger partial charge in [0.2, 0.25) is 29.5 Å². The molecule has 42 heavy (non-hydrogen) atoms. The van der Waals surface area contributed by atoms with Crippen molar-refractivity contribution in [1.29, 1.82) is 0 Å². The summed E-state index contributed by atoms with van der Waals surface area (Å²) in [5, 5.41) is 13.5. The highest BCUT2D eigenvalue weighted by atomic mass is 16.2. The van der Waals surface area contributed by atoms with Crippen LogP contribution in [-0.4, -0.2) is 72.8 Å². The van der Waals surface area contributed by atoms with Crippen LogP contribution in [0.25, 0.3) is 0 Å². The van der Waals surface area contributed by atoms with Crippen LogP contribution in [0, 0.1) is 11.8 Å². The lowest BCUT2D eigenvalue weighted by atomic mass is 9.99. The maximum Gasteiger partial charge on any atom is 0.243 e. The molecule has 1 heterocycles. The number of hydrogen-bond donors (Lipinski definition) is 7. The van der Waals surface area contributed by atoms with E-state index in [1.54, 1.807) is 0 Å². The first-order valence-electron chi connectivity index (χ1n) is 14.4. The molecule has 0 aliphatic carbocycles. The van der Waals surface area contributed by atoms with E-state index >= 15 is 0 Å². The number of nitrogens with two attached hydrogens (primary N) is 2. The third kappa shape index (κ3) is 12.1. The van der Waals surface area contributed by atoms with Crippen molar-refractivity contribution in [2.75, 3.05) is 13.1 Å². The molecule has 0 saturated carbocycles. The summed E-state index contributed by atoms with van der Waals surface area (Å²) in [7, 11) is 0. The van der Waals surface area contributed by atoms with E-state index in [1.807, 2.05) is 58.0 Å². The summed E-state index contributed by atoms with van der Waals surface area (Å²) < 4.78 is 0. The number of guanidine groups is 1. The van der Waals surface area contributed by atoms with Gasteiger partial charge in [0.1, 0.15) is 24.2 Å². The second kappa shape index (κ2) is 16.9. The Kier molecular flexibility index (Phi) is 13.7. The highest BCUT2D eigenvalue weighted by Crippen LogP contribution is 2.11. The van der Waals surface area contributed by atoms with Crippen molar-refractivity contribution in [2.45, 2.75) is 84.0 Å². The Hall–Kier alpha value is -4.16. The lowest BCUT2D eigenvalue weighted by Gasteiger charge is -2.27. The van der Waals surface area contributed by atoms with Gasteiger partial charge in [0.15, 0.2) is 5.96 Å². The molecule has 2 rings (SSSR count). The van der Waals surface area contributed by atoms with Crippen LogP contribution in [-0.2, 0) is 30.4 Å². The smallest absolute Gasteiger partial charge is 0.243 e. The lowest BCUT2D eigenvalue weighted by Crippen LogP contribution is -2.58. The summed E-state index contributed by atoms with van der Waals surface area (Å²) >= 11 is 0. The summed E-state index contributed by atoms with van der Waals surface area (Å²) in [5.41, 5.74) is 11.6. The average Bonchev–Trinajstić information content (AvgIpc) is 2.91. The zero-order valence-electron chi connectivity index (χ0n) is 24.9. The monoisotopic (exact) mass is 586 g/mol. The minimum Gasteiger partial charge on any atom is -0.370 e. The number of hydrogen-bond acceptors (Lipinski definition) is 6. The molecule has 9 N–H and O–H groups in total. The fourth-order valence-corrected chi connectivity index (χ4v) is 4.59. The minimum absolute atomic E-state index is 0.0347. The fraction of sp³-hybridized carbons (Fsp3) is 0.586. The lowest BCUT2D eigenvalue weighted by molar-refractivity contribution is -0.134. The topological polar surface area (TPSA) is 210 Å². The van der Waals surface area contributed by atoms with Crippen LogP contribution in [0.3, 0.4) is 0 Å². The quantitative estimate of drug-likeness (QED) is 0.108. The number of rotatable bonds is 10. The van der Waals surface area contributed by atoms with Crippen LogP contribution < -0.4 is 38.1 Å². The van der Waals surface area contributed by atoms with Crippen molar-refractivity contribution in [2.24, 2.45) is 28.3 Å². The Morgan fingerprint density at radius 1 is 0.762 bits per heavy atom. The molecule has 1 aliphatic rings. The molecule has 0 radical (unpaired) electrons. The summed E-state index contributed by atoms with van der Waals surface area (Å²) in [6.45, 7) is 7.47. The number of carbonyl (C=O) groups is 5. The summed E-state index contributed by atoms with van der Waals surface area (Å²) in [5.74, 6) is -2.81. The third-order valence-electron chi connectivity index (χ3n) is 6.62. The number of benzene rings is 1. The van der Waals surface area contributed by atoms with Gasteiger partial charge in [-0.25, -0.2) is 0 Å². The van der Waals surface area contributed by atoms with Crippen LogP contribution >= 0.6 is 0 Å². The van der Waals surface area contributed by atoms with Crippen molar-refractivity contribution in [3.63, 3.8) is 0 Å². The van der Waals surface area contributed by atoms with Gasteiger partial charge in [0, 0.05) is 13.0 Å². The van der Waals surface area contributed by atoms with Gasteiger partial charge in [-0.3, -0.25) is 29.0 Å². The highest BCUT2D eigenvalue weighted by Gasteiger charge is 2.33. The Bertz CT molecular complexity index is 1100. The van der Waals surface area contributed by atoms with Gasteiger partial charge in [-0.2, -0.15) is 0 Å². The van der Waals surface area contributed by atoms with E-state index in [0.29, 0.717) is 19.3 Å². The molecular formula is C29H46N8O5. The number of carbonyl (C=O) groups excluding carboxylic acids is 5. The van der Waals surface area contributed by atoms with Gasteiger partial charge in [0.05, 0.1) is 6.54 Å². The van der Waals surface area contributed by atoms with E-state index in [0.717, 1.165) is 5.56 Å². The summed E-state index contributed by atoms with van der Waals surface area (Å²) in [4.78, 5) is 70.3.